The first-order valence-corrected chi connectivity index (χ1v) is 6.78. The molecule has 0 heterocycles. The SMILES string of the molecule is N#C/C(=C/c1ccc(OCc2ccccc2)cc1)C(N)=S. The van der Waals surface area contributed by atoms with Gasteiger partial charge in [-0.05, 0) is 29.3 Å². The second-order valence-electron chi connectivity index (χ2n) is 4.38. The number of thiocarbonyl (C=S) groups is 1. The molecule has 0 saturated heterocycles. The van der Waals surface area contributed by atoms with Crippen LogP contribution in [0.25, 0.3) is 6.08 Å². The van der Waals surface area contributed by atoms with Crippen LogP contribution in [0.5, 0.6) is 5.75 Å². The van der Waals surface area contributed by atoms with Crippen LogP contribution < -0.4 is 10.5 Å². The molecule has 21 heavy (non-hydrogen) atoms. The predicted octanol–water partition coefficient (Wildman–Crippen LogP) is 3.46. The molecular weight excluding hydrogens is 280 g/mol. The topological polar surface area (TPSA) is 59.0 Å². The average molecular weight is 294 g/mol. The first-order chi connectivity index (χ1) is 10.2. The Hall–Kier alpha value is -2.64. The number of rotatable bonds is 5. The molecule has 0 atom stereocenters. The molecule has 2 N–H and O–H groups in total. The first-order valence-electron chi connectivity index (χ1n) is 6.37. The van der Waals surface area contributed by atoms with Crippen molar-refractivity contribution in [1.29, 1.82) is 5.26 Å². The van der Waals surface area contributed by atoms with Gasteiger partial charge in [0.15, 0.2) is 0 Å². The van der Waals surface area contributed by atoms with Crippen LogP contribution in [0.15, 0.2) is 60.2 Å². The Balaban J connectivity index is 2.03. The molecule has 0 aliphatic rings. The summed E-state index contributed by atoms with van der Waals surface area (Å²) in [5.41, 5.74) is 7.71. The van der Waals surface area contributed by atoms with Gasteiger partial charge in [0.05, 0.1) is 5.57 Å². The van der Waals surface area contributed by atoms with E-state index >= 15 is 0 Å². The summed E-state index contributed by atoms with van der Waals surface area (Å²) in [4.78, 5) is 0.0990. The van der Waals surface area contributed by atoms with E-state index in [1.165, 1.54) is 0 Å². The molecule has 0 aliphatic carbocycles. The quantitative estimate of drug-likeness (QED) is 0.521. The molecule has 4 heteroatoms. The van der Waals surface area contributed by atoms with Crippen LogP contribution in [0.4, 0.5) is 0 Å². The zero-order valence-electron chi connectivity index (χ0n) is 11.3. The van der Waals surface area contributed by atoms with Crippen molar-refractivity contribution >= 4 is 23.3 Å². The van der Waals surface area contributed by atoms with Crippen LogP contribution in [0, 0.1) is 11.3 Å². The zero-order chi connectivity index (χ0) is 15.1. The molecule has 2 rings (SSSR count). The summed E-state index contributed by atoms with van der Waals surface area (Å²) in [6.07, 6.45) is 1.66. The Morgan fingerprint density at radius 2 is 1.81 bits per heavy atom. The molecule has 104 valence electrons. The van der Waals surface area contributed by atoms with Crippen LogP contribution >= 0.6 is 12.2 Å². The van der Waals surface area contributed by atoms with Crippen molar-refractivity contribution in [1.82, 2.24) is 0 Å². The van der Waals surface area contributed by atoms with Gasteiger partial charge in [0.1, 0.15) is 23.4 Å². The standard InChI is InChI=1S/C17H14N2OS/c18-11-15(17(19)21)10-13-6-8-16(9-7-13)20-12-14-4-2-1-3-5-14/h1-10H,12H2,(H2,19,21)/b15-10-. The Bertz CT molecular complexity index is 685. The average Bonchev–Trinajstić information content (AvgIpc) is 2.52. The summed E-state index contributed by atoms with van der Waals surface area (Å²) in [5, 5.41) is 8.91. The molecule has 0 saturated carbocycles. The molecule has 0 bridgehead atoms. The lowest BCUT2D eigenvalue weighted by Gasteiger charge is -2.06. The fourth-order valence-electron chi connectivity index (χ4n) is 1.73. The van der Waals surface area contributed by atoms with Gasteiger partial charge in [-0.1, -0.05) is 54.7 Å². The molecule has 2 aromatic carbocycles. The highest BCUT2D eigenvalue weighted by Crippen LogP contribution is 2.16. The van der Waals surface area contributed by atoms with Gasteiger partial charge in [0.25, 0.3) is 0 Å². The molecule has 2 aromatic rings. The van der Waals surface area contributed by atoms with E-state index in [1.807, 2.05) is 60.7 Å². The zero-order valence-corrected chi connectivity index (χ0v) is 12.1. The highest BCUT2D eigenvalue weighted by Gasteiger charge is 2.00. The summed E-state index contributed by atoms with van der Waals surface area (Å²) in [6.45, 7) is 0.520. The lowest BCUT2D eigenvalue weighted by atomic mass is 10.1. The number of hydrogen-bond acceptors (Lipinski definition) is 3. The number of nitriles is 1. The van der Waals surface area contributed by atoms with Gasteiger partial charge < -0.3 is 10.5 Å². The maximum absolute atomic E-state index is 8.91. The van der Waals surface area contributed by atoms with Crippen molar-refractivity contribution in [3.8, 4) is 11.8 Å². The van der Waals surface area contributed by atoms with E-state index in [0.29, 0.717) is 12.2 Å². The number of benzene rings is 2. The second-order valence-corrected chi connectivity index (χ2v) is 4.82. The van der Waals surface area contributed by atoms with Gasteiger partial charge in [-0.15, -0.1) is 0 Å². The van der Waals surface area contributed by atoms with E-state index < -0.39 is 0 Å². The maximum Gasteiger partial charge on any atom is 0.119 e. The second kappa shape index (κ2) is 7.22. The van der Waals surface area contributed by atoms with Crippen molar-refractivity contribution in [3.05, 3.63) is 71.3 Å². The third-order valence-corrected chi connectivity index (χ3v) is 3.05. The predicted molar refractivity (Wildman–Crippen MR) is 87.6 cm³/mol. The smallest absolute Gasteiger partial charge is 0.119 e. The fraction of sp³-hybridized carbons (Fsp3) is 0.0588. The molecular formula is C17H14N2OS. The fourth-order valence-corrected chi connectivity index (χ4v) is 1.83. The van der Waals surface area contributed by atoms with Gasteiger partial charge >= 0.3 is 0 Å². The maximum atomic E-state index is 8.91. The minimum atomic E-state index is 0.0990. The molecule has 0 fully saturated rings. The van der Waals surface area contributed by atoms with E-state index in [1.54, 1.807) is 6.08 Å². The number of nitrogens with zero attached hydrogens (tertiary/aromatic N) is 1. The Kier molecular flexibility index (Phi) is 5.08. The minimum absolute atomic E-state index is 0.0990. The monoisotopic (exact) mass is 294 g/mol. The Labute approximate surface area is 129 Å². The van der Waals surface area contributed by atoms with E-state index in [-0.39, 0.29) is 4.99 Å². The van der Waals surface area contributed by atoms with E-state index in [0.717, 1.165) is 16.9 Å². The minimum Gasteiger partial charge on any atom is -0.489 e. The third-order valence-electron chi connectivity index (χ3n) is 2.83. The molecule has 3 nitrogen and oxygen atoms in total. The van der Waals surface area contributed by atoms with Gasteiger partial charge in [0, 0.05) is 0 Å². The van der Waals surface area contributed by atoms with Gasteiger partial charge in [-0.3, -0.25) is 0 Å². The van der Waals surface area contributed by atoms with Crippen LogP contribution in [-0.4, -0.2) is 4.99 Å². The van der Waals surface area contributed by atoms with Crippen LogP contribution in [0.3, 0.4) is 0 Å². The van der Waals surface area contributed by atoms with Gasteiger partial charge in [-0.25, -0.2) is 0 Å². The number of nitrogens with two attached hydrogens (primary N) is 1. The summed E-state index contributed by atoms with van der Waals surface area (Å²) >= 11 is 4.80. The van der Waals surface area contributed by atoms with Crippen LogP contribution in [0.1, 0.15) is 11.1 Å². The third kappa shape index (κ3) is 4.44. The summed E-state index contributed by atoms with van der Waals surface area (Å²) in [6, 6.07) is 19.3. The Morgan fingerprint density at radius 3 is 2.38 bits per heavy atom. The van der Waals surface area contributed by atoms with Gasteiger partial charge in [-0.2, -0.15) is 5.26 Å². The molecule has 0 aliphatic heterocycles. The molecule has 0 unspecified atom stereocenters. The van der Waals surface area contributed by atoms with E-state index in [2.05, 4.69) is 0 Å². The van der Waals surface area contributed by atoms with Crippen molar-refractivity contribution < 1.29 is 4.74 Å². The van der Waals surface area contributed by atoms with Crippen LogP contribution in [-0.2, 0) is 6.61 Å². The van der Waals surface area contributed by atoms with Crippen molar-refractivity contribution in [2.75, 3.05) is 0 Å². The van der Waals surface area contributed by atoms with E-state index in [4.69, 9.17) is 28.0 Å². The van der Waals surface area contributed by atoms with Crippen LogP contribution in [0.2, 0.25) is 0 Å². The number of ether oxygens (including phenoxy) is 1. The van der Waals surface area contributed by atoms with Crippen molar-refractivity contribution in [3.63, 3.8) is 0 Å². The molecule has 0 aromatic heterocycles. The highest BCUT2D eigenvalue weighted by atomic mass is 32.1. The summed E-state index contributed by atoms with van der Waals surface area (Å²) < 4.78 is 5.69. The molecule has 0 spiro atoms. The lowest BCUT2D eigenvalue weighted by molar-refractivity contribution is 0.306. The molecule has 0 amide bonds. The van der Waals surface area contributed by atoms with E-state index in [9.17, 15) is 0 Å². The lowest BCUT2D eigenvalue weighted by Crippen LogP contribution is -2.09. The largest absolute Gasteiger partial charge is 0.489 e. The van der Waals surface area contributed by atoms with Crippen molar-refractivity contribution in [2.45, 2.75) is 6.61 Å². The molecule has 0 radical (unpaired) electrons. The number of hydrogen-bond donors (Lipinski definition) is 1. The normalized spacial score (nSPS) is 10.7. The summed E-state index contributed by atoms with van der Waals surface area (Å²) in [5.74, 6) is 0.768. The summed E-state index contributed by atoms with van der Waals surface area (Å²) in [7, 11) is 0. The highest BCUT2D eigenvalue weighted by molar-refractivity contribution is 7.80. The first kappa shape index (κ1) is 14.8. The Morgan fingerprint density at radius 1 is 1.14 bits per heavy atom. The van der Waals surface area contributed by atoms with Gasteiger partial charge in [0.2, 0.25) is 0 Å². The van der Waals surface area contributed by atoms with Crippen molar-refractivity contribution in [2.24, 2.45) is 5.73 Å².